The number of nitrogens with zero attached hydrogens (tertiary/aromatic N) is 5. The van der Waals surface area contributed by atoms with Crippen LogP contribution in [0.2, 0.25) is 0 Å². The summed E-state index contributed by atoms with van der Waals surface area (Å²) in [5.74, 6) is 4.88. The Morgan fingerprint density at radius 3 is 1.85 bits per heavy atom. The fraction of sp³-hybridized carbons (Fsp3) is 0.213. The molecule has 2 heterocycles. The van der Waals surface area contributed by atoms with E-state index in [2.05, 4.69) is 77.8 Å². The third-order valence-corrected chi connectivity index (χ3v) is 12.9. The van der Waals surface area contributed by atoms with Crippen LogP contribution in [0.25, 0.3) is 67.2 Å². The lowest BCUT2D eigenvalue weighted by Crippen LogP contribution is -2.55. The Labute approximate surface area is 303 Å². The Bertz CT molecular complexity index is 2520. The summed E-state index contributed by atoms with van der Waals surface area (Å²) in [4.78, 5) is 19.3. The molecule has 248 valence electrons. The van der Waals surface area contributed by atoms with E-state index in [1.54, 1.807) is 12.4 Å². The van der Waals surface area contributed by atoms with E-state index >= 15 is 0 Å². The number of nitriles is 1. The van der Waals surface area contributed by atoms with E-state index in [1.165, 1.54) is 70.9 Å². The van der Waals surface area contributed by atoms with Crippen molar-refractivity contribution in [2.45, 2.75) is 37.5 Å². The average Bonchev–Trinajstić information content (AvgIpc) is 3.50. The van der Waals surface area contributed by atoms with Crippen molar-refractivity contribution in [1.29, 1.82) is 5.26 Å². The number of rotatable bonds is 4. The van der Waals surface area contributed by atoms with Gasteiger partial charge in [-0.05, 0) is 130 Å². The maximum Gasteiger partial charge on any atom is 0.164 e. The van der Waals surface area contributed by atoms with Gasteiger partial charge >= 0.3 is 0 Å². The lowest BCUT2D eigenvalue weighted by atomic mass is 9.43. The third-order valence-electron chi connectivity index (χ3n) is 12.9. The Morgan fingerprint density at radius 1 is 0.519 bits per heavy atom. The van der Waals surface area contributed by atoms with Crippen LogP contribution in [0.1, 0.15) is 48.8 Å². The van der Waals surface area contributed by atoms with Gasteiger partial charge in [-0.15, -0.1) is 0 Å². The van der Waals surface area contributed by atoms with Crippen molar-refractivity contribution in [3.05, 3.63) is 144 Å². The maximum absolute atomic E-state index is 10.1. The first-order valence-electron chi connectivity index (χ1n) is 18.6. The minimum atomic E-state index is -0.0151. The monoisotopic (exact) mass is 669 g/mol. The second kappa shape index (κ2) is 11.3. The van der Waals surface area contributed by atoms with E-state index < -0.39 is 0 Å². The largest absolute Gasteiger partial charge is 0.265 e. The van der Waals surface area contributed by atoms with Gasteiger partial charge in [-0.25, -0.2) is 15.0 Å². The van der Waals surface area contributed by atoms with Crippen LogP contribution in [-0.4, -0.2) is 19.9 Å². The number of hydrogen-bond donors (Lipinski definition) is 0. The van der Waals surface area contributed by atoms with Gasteiger partial charge in [0.2, 0.25) is 0 Å². The Morgan fingerprint density at radius 2 is 1.13 bits per heavy atom. The summed E-state index contributed by atoms with van der Waals surface area (Å²) < 4.78 is 0. The highest BCUT2D eigenvalue weighted by molar-refractivity contribution is 6.07. The fourth-order valence-corrected chi connectivity index (χ4v) is 11.1. The minimum absolute atomic E-state index is 0.0151. The number of aromatic nitrogens is 4. The Balaban J connectivity index is 1.12. The summed E-state index contributed by atoms with van der Waals surface area (Å²) in [6.45, 7) is 0. The predicted molar refractivity (Wildman–Crippen MR) is 205 cm³/mol. The van der Waals surface area contributed by atoms with Gasteiger partial charge in [-0.3, -0.25) is 4.98 Å². The molecule has 0 aliphatic heterocycles. The molecule has 0 unspecified atom stereocenters. The molecule has 0 N–H and O–H groups in total. The molecule has 12 rings (SSSR count). The molecule has 4 saturated carbocycles. The quantitative estimate of drug-likeness (QED) is 0.186. The number of fused-ring (bicyclic) bond motifs is 4. The smallest absolute Gasteiger partial charge is 0.164 e. The summed E-state index contributed by atoms with van der Waals surface area (Å²) >= 11 is 0. The predicted octanol–water partition coefficient (Wildman–Crippen LogP) is 10.7. The molecule has 1 spiro atoms. The molecule has 0 amide bonds. The molecular weight excluding hydrogens is 635 g/mol. The van der Waals surface area contributed by atoms with Crippen molar-refractivity contribution in [3.63, 3.8) is 0 Å². The zero-order valence-electron chi connectivity index (χ0n) is 28.7. The van der Waals surface area contributed by atoms with Crippen molar-refractivity contribution in [2.75, 3.05) is 0 Å². The summed E-state index contributed by atoms with van der Waals surface area (Å²) in [5.41, 5.74) is 11.6. The number of pyridine rings is 1. The molecule has 5 aromatic carbocycles. The molecule has 4 fully saturated rings. The van der Waals surface area contributed by atoms with Gasteiger partial charge in [-0.1, -0.05) is 84.9 Å². The van der Waals surface area contributed by atoms with Crippen LogP contribution in [-0.2, 0) is 5.41 Å². The lowest BCUT2D eigenvalue weighted by molar-refractivity contribution is -0.0399. The topological polar surface area (TPSA) is 75.3 Å². The molecule has 0 radical (unpaired) electrons. The molecule has 5 aliphatic carbocycles. The van der Waals surface area contributed by atoms with Crippen LogP contribution in [0.4, 0.5) is 0 Å². The molecule has 0 atom stereocenters. The molecule has 52 heavy (non-hydrogen) atoms. The summed E-state index contributed by atoms with van der Waals surface area (Å²) in [6, 6.07) is 43.2. The van der Waals surface area contributed by atoms with Crippen LogP contribution < -0.4 is 0 Å². The van der Waals surface area contributed by atoms with Gasteiger partial charge in [-0.2, -0.15) is 5.26 Å². The van der Waals surface area contributed by atoms with Gasteiger partial charge in [0.25, 0.3) is 0 Å². The van der Waals surface area contributed by atoms with Gasteiger partial charge in [0, 0.05) is 34.5 Å². The second-order valence-corrected chi connectivity index (χ2v) is 15.4. The first kappa shape index (κ1) is 29.7. The lowest BCUT2D eigenvalue weighted by Gasteiger charge is -2.61. The zero-order chi connectivity index (χ0) is 34.4. The van der Waals surface area contributed by atoms with E-state index in [0.29, 0.717) is 29.3 Å². The SMILES string of the molecule is N#Cc1ccc2c(c1)C1(c3cccc(-c4ccc(-c5nc(-c6ccccc6)nc(-c6ccncc6)n5)c5ccccc45)c3-2)C2CC3CC(C2)CC1C3. The summed E-state index contributed by atoms with van der Waals surface area (Å²) in [5, 5.41) is 12.4. The van der Waals surface area contributed by atoms with Crippen LogP contribution in [0.5, 0.6) is 0 Å². The van der Waals surface area contributed by atoms with E-state index in [1.807, 2.05) is 48.5 Å². The van der Waals surface area contributed by atoms with Gasteiger partial charge < -0.3 is 0 Å². The van der Waals surface area contributed by atoms with Crippen LogP contribution in [0, 0.1) is 35.0 Å². The van der Waals surface area contributed by atoms with E-state index in [0.717, 1.165) is 39.5 Å². The maximum atomic E-state index is 10.1. The summed E-state index contributed by atoms with van der Waals surface area (Å²) in [6.07, 6.45) is 10.2. The van der Waals surface area contributed by atoms with Crippen LogP contribution in [0.15, 0.2) is 128 Å². The highest BCUT2D eigenvalue weighted by atomic mass is 15.0. The molecule has 0 saturated heterocycles. The fourth-order valence-electron chi connectivity index (χ4n) is 11.1. The molecule has 7 aromatic rings. The number of benzene rings is 5. The Hall–Kier alpha value is -5.99. The standard InChI is InChI=1S/C47H35N5/c48-27-28-13-14-40-42(26-28)47(33-22-29-21-30(24-33)25-34(47)23-29)41-12-6-11-38(43(40)41)37-15-16-39(36-10-5-4-9-35(36)37)46-51-44(31-7-2-1-3-8-31)50-45(52-46)32-17-19-49-20-18-32/h1-20,26,29-30,33-34H,21-25H2. The molecule has 5 heteroatoms. The molecule has 5 aliphatic rings. The van der Waals surface area contributed by atoms with Gasteiger partial charge in [0.15, 0.2) is 17.5 Å². The van der Waals surface area contributed by atoms with Gasteiger partial charge in [0.1, 0.15) is 0 Å². The first-order chi connectivity index (χ1) is 25.7. The normalized spacial score (nSPS) is 23.4. The van der Waals surface area contributed by atoms with Crippen molar-refractivity contribution >= 4 is 10.8 Å². The highest BCUT2D eigenvalue weighted by Crippen LogP contribution is 2.70. The van der Waals surface area contributed by atoms with Crippen LogP contribution in [0.3, 0.4) is 0 Å². The third kappa shape index (κ3) is 4.21. The zero-order valence-corrected chi connectivity index (χ0v) is 28.7. The van der Waals surface area contributed by atoms with Crippen molar-refractivity contribution in [3.8, 4) is 62.5 Å². The van der Waals surface area contributed by atoms with Crippen LogP contribution >= 0.6 is 0 Å². The Kier molecular flexibility index (Phi) is 6.43. The average molecular weight is 670 g/mol. The molecule has 2 aromatic heterocycles. The van der Waals surface area contributed by atoms with Gasteiger partial charge in [0.05, 0.1) is 11.6 Å². The second-order valence-electron chi connectivity index (χ2n) is 15.4. The number of hydrogen-bond acceptors (Lipinski definition) is 5. The van der Waals surface area contributed by atoms with Crippen molar-refractivity contribution < 1.29 is 0 Å². The van der Waals surface area contributed by atoms with E-state index in [-0.39, 0.29) is 5.41 Å². The minimum Gasteiger partial charge on any atom is -0.265 e. The van der Waals surface area contributed by atoms with Crippen molar-refractivity contribution in [1.82, 2.24) is 19.9 Å². The van der Waals surface area contributed by atoms with E-state index in [4.69, 9.17) is 15.0 Å². The van der Waals surface area contributed by atoms with Crippen molar-refractivity contribution in [2.24, 2.45) is 23.7 Å². The molecular formula is C47H35N5. The van der Waals surface area contributed by atoms with E-state index in [9.17, 15) is 5.26 Å². The molecule has 5 nitrogen and oxygen atoms in total. The highest BCUT2D eigenvalue weighted by Gasteiger charge is 2.61. The first-order valence-corrected chi connectivity index (χ1v) is 18.6. The molecule has 4 bridgehead atoms. The summed E-state index contributed by atoms with van der Waals surface area (Å²) in [7, 11) is 0.